The minimum Gasteiger partial charge on any atom is -0.490 e. The number of aryl methyl sites for hydroxylation is 1. The van der Waals surface area contributed by atoms with Gasteiger partial charge in [-0.3, -0.25) is 4.79 Å². The molecule has 1 fully saturated rings. The minimum absolute atomic E-state index is 0.0429. The Morgan fingerprint density at radius 1 is 0.966 bits per heavy atom. The van der Waals surface area contributed by atoms with E-state index < -0.39 is 0 Å². The van der Waals surface area contributed by atoms with Crippen LogP contribution in [0.4, 0.5) is 5.69 Å². The highest BCUT2D eigenvalue weighted by molar-refractivity contribution is 5.92. The molecule has 0 spiro atoms. The van der Waals surface area contributed by atoms with Crippen LogP contribution in [0.2, 0.25) is 0 Å². The van der Waals surface area contributed by atoms with Crippen molar-refractivity contribution in [3.8, 4) is 11.5 Å². The van der Waals surface area contributed by atoms with Crippen LogP contribution in [-0.2, 0) is 4.79 Å². The number of anilines is 1. The number of carbonyl (C=O) groups excluding carboxylic acids is 1. The number of hydrogen-bond acceptors (Lipinski definition) is 4. The van der Waals surface area contributed by atoms with Crippen molar-refractivity contribution in [3.05, 3.63) is 59.7 Å². The number of hydrogen-bond donors (Lipinski definition) is 0. The molecule has 3 rings (SSSR count). The number of piperazine rings is 1. The lowest BCUT2D eigenvalue weighted by atomic mass is 10.1. The predicted octanol–water partition coefficient (Wildman–Crippen LogP) is 4.15. The second kappa shape index (κ2) is 10.0. The van der Waals surface area contributed by atoms with Crippen molar-refractivity contribution in [2.24, 2.45) is 0 Å². The van der Waals surface area contributed by atoms with Gasteiger partial charge >= 0.3 is 0 Å². The van der Waals surface area contributed by atoms with Crippen molar-refractivity contribution in [1.82, 2.24) is 4.90 Å². The fraction of sp³-hybridized carbons (Fsp3) is 0.375. The molecule has 1 aliphatic rings. The van der Waals surface area contributed by atoms with Gasteiger partial charge in [-0.25, -0.2) is 0 Å². The molecule has 1 heterocycles. The minimum atomic E-state index is 0.0429. The van der Waals surface area contributed by atoms with E-state index in [1.165, 1.54) is 11.3 Å². The van der Waals surface area contributed by atoms with Gasteiger partial charge in [0.1, 0.15) is 0 Å². The zero-order chi connectivity index (χ0) is 20.6. The predicted molar refractivity (Wildman–Crippen MR) is 118 cm³/mol. The molecule has 0 atom stereocenters. The Morgan fingerprint density at radius 2 is 1.66 bits per heavy atom. The van der Waals surface area contributed by atoms with Crippen LogP contribution in [0, 0.1) is 6.92 Å². The molecule has 0 bridgehead atoms. The molecule has 5 nitrogen and oxygen atoms in total. The molecule has 1 amide bonds. The van der Waals surface area contributed by atoms with E-state index in [1.807, 2.05) is 43.0 Å². The highest BCUT2D eigenvalue weighted by Gasteiger charge is 2.20. The Balaban J connectivity index is 1.60. The Bertz CT molecular complexity index is 855. The number of amides is 1. The van der Waals surface area contributed by atoms with Crippen LogP contribution in [-0.4, -0.2) is 50.2 Å². The van der Waals surface area contributed by atoms with Crippen LogP contribution in [0.25, 0.3) is 6.08 Å². The average Bonchev–Trinajstić information content (AvgIpc) is 2.74. The van der Waals surface area contributed by atoms with Gasteiger partial charge < -0.3 is 19.3 Å². The molecule has 0 unspecified atom stereocenters. The van der Waals surface area contributed by atoms with Gasteiger partial charge in [0.05, 0.1) is 13.2 Å². The third-order valence-corrected chi connectivity index (χ3v) is 5.03. The van der Waals surface area contributed by atoms with Crippen molar-refractivity contribution in [3.63, 3.8) is 0 Å². The molecule has 0 radical (unpaired) electrons. The maximum atomic E-state index is 12.6. The highest BCUT2D eigenvalue weighted by atomic mass is 16.5. The van der Waals surface area contributed by atoms with Crippen LogP contribution in [0.15, 0.2) is 48.5 Å². The van der Waals surface area contributed by atoms with Gasteiger partial charge in [-0.15, -0.1) is 0 Å². The Kier molecular flexibility index (Phi) is 7.17. The van der Waals surface area contributed by atoms with E-state index in [0.717, 1.165) is 37.5 Å². The zero-order valence-corrected chi connectivity index (χ0v) is 17.6. The first kappa shape index (κ1) is 20.8. The molecule has 5 heteroatoms. The third-order valence-electron chi connectivity index (χ3n) is 5.03. The van der Waals surface area contributed by atoms with Crippen molar-refractivity contribution in [2.45, 2.75) is 20.8 Å². The molecular weight excluding hydrogens is 364 g/mol. The summed E-state index contributed by atoms with van der Waals surface area (Å²) in [6.45, 7) is 10.3. The Labute approximate surface area is 173 Å². The molecule has 29 heavy (non-hydrogen) atoms. The number of para-hydroxylation sites is 1. The van der Waals surface area contributed by atoms with E-state index in [4.69, 9.17) is 9.47 Å². The van der Waals surface area contributed by atoms with Crippen LogP contribution < -0.4 is 14.4 Å². The Morgan fingerprint density at radius 3 is 2.34 bits per heavy atom. The SMILES string of the molecule is CCOc1ccc(/C=C/C(=O)N2CCN(c3ccccc3C)CC2)cc1OCC. The summed E-state index contributed by atoms with van der Waals surface area (Å²) in [5, 5.41) is 0. The van der Waals surface area contributed by atoms with Gasteiger partial charge in [0.15, 0.2) is 11.5 Å². The van der Waals surface area contributed by atoms with Crippen molar-refractivity contribution in [2.75, 3.05) is 44.3 Å². The highest BCUT2D eigenvalue weighted by Crippen LogP contribution is 2.29. The van der Waals surface area contributed by atoms with Gasteiger partial charge in [0.25, 0.3) is 0 Å². The fourth-order valence-electron chi connectivity index (χ4n) is 3.53. The van der Waals surface area contributed by atoms with Crippen molar-refractivity contribution < 1.29 is 14.3 Å². The van der Waals surface area contributed by atoms with E-state index in [-0.39, 0.29) is 5.91 Å². The second-order valence-electron chi connectivity index (χ2n) is 7.00. The van der Waals surface area contributed by atoms with Gasteiger partial charge in [0, 0.05) is 37.9 Å². The van der Waals surface area contributed by atoms with Crippen molar-refractivity contribution >= 4 is 17.7 Å². The maximum Gasteiger partial charge on any atom is 0.246 e. The molecule has 0 N–H and O–H groups in total. The summed E-state index contributed by atoms with van der Waals surface area (Å²) in [5.74, 6) is 1.47. The van der Waals surface area contributed by atoms with E-state index in [0.29, 0.717) is 19.0 Å². The van der Waals surface area contributed by atoms with Crippen LogP contribution >= 0.6 is 0 Å². The molecule has 2 aromatic rings. The number of nitrogens with zero attached hydrogens (tertiary/aromatic N) is 2. The molecule has 0 saturated carbocycles. The summed E-state index contributed by atoms with van der Waals surface area (Å²) < 4.78 is 11.2. The van der Waals surface area contributed by atoms with Crippen LogP contribution in [0.5, 0.6) is 11.5 Å². The van der Waals surface area contributed by atoms with Gasteiger partial charge in [-0.05, 0) is 56.2 Å². The normalized spacial score (nSPS) is 14.3. The standard InChI is InChI=1S/C24H30N2O3/c1-4-28-22-12-10-20(18-23(22)29-5-2)11-13-24(27)26-16-14-25(15-17-26)21-9-7-6-8-19(21)3/h6-13,18H,4-5,14-17H2,1-3H3/b13-11+. The van der Waals surface area contributed by atoms with Gasteiger partial charge in [-0.1, -0.05) is 24.3 Å². The van der Waals surface area contributed by atoms with Crippen LogP contribution in [0.1, 0.15) is 25.0 Å². The first-order valence-corrected chi connectivity index (χ1v) is 10.3. The van der Waals surface area contributed by atoms with Crippen LogP contribution in [0.3, 0.4) is 0 Å². The summed E-state index contributed by atoms with van der Waals surface area (Å²) in [7, 11) is 0. The largest absolute Gasteiger partial charge is 0.490 e. The molecule has 1 saturated heterocycles. The average molecular weight is 395 g/mol. The molecule has 0 aromatic heterocycles. The maximum absolute atomic E-state index is 12.6. The van der Waals surface area contributed by atoms with E-state index in [1.54, 1.807) is 6.08 Å². The molecule has 1 aliphatic heterocycles. The number of benzene rings is 2. The number of rotatable bonds is 7. The van der Waals surface area contributed by atoms with E-state index in [2.05, 4.69) is 36.1 Å². The third kappa shape index (κ3) is 5.31. The first-order valence-electron chi connectivity index (χ1n) is 10.3. The van der Waals surface area contributed by atoms with E-state index in [9.17, 15) is 4.79 Å². The number of carbonyl (C=O) groups is 1. The smallest absolute Gasteiger partial charge is 0.246 e. The Hall–Kier alpha value is -2.95. The van der Waals surface area contributed by atoms with Crippen molar-refractivity contribution in [1.29, 1.82) is 0 Å². The summed E-state index contributed by atoms with van der Waals surface area (Å²) in [6.07, 6.45) is 3.49. The lowest BCUT2D eigenvalue weighted by Crippen LogP contribution is -2.48. The lowest BCUT2D eigenvalue weighted by Gasteiger charge is -2.36. The first-order chi connectivity index (χ1) is 14.1. The zero-order valence-electron chi connectivity index (χ0n) is 17.6. The number of ether oxygens (including phenoxy) is 2. The topological polar surface area (TPSA) is 42.0 Å². The van der Waals surface area contributed by atoms with E-state index >= 15 is 0 Å². The quantitative estimate of drug-likeness (QED) is 0.662. The molecule has 0 aliphatic carbocycles. The van der Waals surface area contributed by atoms with Gasteiger partial charge in [0.2, 0.25) is 5.91 Å². The fourth-order valence-corrected chi connectivity index (χ4v) is 3.53. The summed E-state index contributed by atoms with van der Waals surface area (Å²) in [5.41, 5.74) is 3.45. The van der Waals surface area contributed by atoms with Gasteiger partial charge in [-0.2, -0.15) is 0 Å². The monoisotopic (exact) mass is 394 g/mol. The summed E-state index contributed by atoms with van der Waals surface area (Å²) >= 11 is 0. The molecular formula is C24H30N2O3. The second-order valence-corrected chi connectivity index (χ2v) is 7.00. The molecule has 154 valence electrons. The lowest BCUT2D eigenvalue weighted by molar-refractivity contribution is -0.126. The molecule has 2 aromatic carbocycles. The summed E-state index contributed by atoms with van der Waals surface area (Å²) in [4.78, 5) is 16.9. The summed E-state index contributed by atoms with van der Waals surface area (Å²) in [6, 6.07) is 14.1.